The quantitative estimate of drug-likeness (QED) is 0.918. The molecule has 21 heavy (non-hydrogen) atoms. The molecule has 5 nitrogen and oxygen atoms in total. The van der Waals surface area contributed by atoms with Gasteiger partial charge in [0, 0.05) is 24.7 Å². The molecule has 0 radical (unpaired) electrons. The van der Waals surface area contributed by atoms with Gasteiger partial charge in [-0.2, -0.15) is 4.98 Å². The van der Waals surface area contributed by atoms with E-state index >= 15 is 0 Å². The molecule has 0 amide bonds. The molecule has 1 aliphatic heterocycles. The third-order valence-corrected chi connectivity index (χ3v) is 3.80. The Kier molecular flexibility index (Phi) is 5.20. The normalized spacial score (nSPS) is 14.7. The predicted octanol–water partition coefficient (Wildman–Crippen LogP) is 2.20. The minimum atomic E-state index is 0. The molecule has 1 N–H and O–H groups in total. The van der Waals surface area contributed by atoms with Gasteiger partial charge in [0.1, 0.15) is 0 Å². The Labute approximate surface area is 131 Å². The van der Waals surface area contributed by atoms with Crippen LogP contribution in [0.3, 0.4) is 0 Å². The molecule has 3 rings (SSSR count). The number of anilines is 1. The molecular formula is C15H21ClN4O. The molecule has 0 spiro atoms. The van der Waals surface area contributed by atoms with Gasteiger partial charge < -0.3 is 14.7 Å². The maximum Gasteiger partial charge on any atom is 0.246 e. The Hall–Kier alpha value is -1.59. The number of aromatic nitrogens is 2. The second kappa shape index (κ2) is 6.91. The SMILES string of the molecule is CNC(C)Cc1noc(CN2CCc3ccccc32)n1.Cl. The van der Waals surface area contributed by atoms with Gasteiger partial charge in [-0.05, 0) is 32.0 Å². The highest BCUT2D eigenvalue weighted by Gasteiger charge is 2.20. The molecule has 2 aromatic rings. The summed E-state index contributed by atoms with van der Waals surface area (Å²) in [6, 6.07) is 8.86. The smallest absolute Gasteiger partial charge is 0.246 e. The summed E-state index contributed by atoms with van der Waals surface area (Å²) in [5.41, 5.74) is 2.69. The van der Waals surface area contributed by atoms with Crippen LogP contribution in [0.5, 0.6) is 0 Å². The van der Waals surface area contributed by atoms with Crippen molar-refractivity contribution in [2.75, 3.05) is 18.5 Å². The molecule has 0 saturated heterocycles. The first kappa shape index (κ1) is 15.8. The number of hydrogen-bond acceptors (Lipinski definition) is 5. The first-order valence-corrected chi connectivity index (χ1v) is 7.08. The number of fused-ring (bicyclic) bond motifs is 1. The number of halogens is 1. The summed E-state index contributed by atoms with van der Waals surface area (Å²) in [5, 5.41) is 7.23. The molecule has 2 heterocycles. The van der Waals surface area contributed by atoms with Gasteiger partial charge in [-0.3, -0.25) is 0 Å². The first-order valence-electron chi connectivity index (χ1n) is 7.08. The molecule has 1 aromatic heterocycles. The lowest BCUT2D eigenvalue weighted by Gasteiger charge is -2.16. The number of nitrogens with zero attached hydrogens (tertiary/aromatic N) is 3. The van der Waals surface area contributed by atoms with Crippen LogP contribution < -0.4 is 10.2 Å². The van der Waals surface area contributed by atoms with E-state index in [9.17, 15) is 0 Å². The van der Waals surface area contributed by atoms with E-state index in [-0.39, 0.29) is 12.4 Å². The van der Waals surface area contributed by atoms with E-state index in [1.54, 1.807) is 0 Å². The number of nitrogens with one attached hydrogen (secondary N) is 1. The summed E-state index contributed by atoms with van der Waals surface area (Å²) in [5.74, 6) is 1.47. The highest BCUT2D eigenvalue weighted by molar-refractivity contribution is 5.85. The molecule has 0 aliphatic carbocycles. The summed E-state index contributed by atoms with van der Waals surface area (Å²) >= 11 is 0. The third kappa shape index (κ3) is 3.54. The van der Waals surface area contributed by atoms with Crippen molar-refractivity contribution in [2.24, 2.45) is 0 Å². The van der Waals surface area contributed by atoms with Crippen LogP contribution in [0.15, 0.2) is 28.8 Å². The maximum atomic E-state index is 5.36. The summed E-state index contributed by atoms with van der Waals surface area (Å²) in [4.78, 5) is 6.77. The van der Waals surface area contributed by atoms with Crippen LogP contribution in [-0.2, 0) is 19.4 Å². The molecule has 1 aliphatic rings. The van der Waals surface area contributed by atoms with Gasteiger partial charge in [-0.15, -0.1) is 12.4 Å². The average molecular weight is 309 g/mol. The fourth-order valence-electron chi connectivity index (χ4n) is 2.55. The van der Waals surface area contributed by atoms with Gasteiger partial charge in [-0.25, -0.2) is 0 Å². The predicted molar refractivity (Wildman–Crippen MR) is 85.0 cm³/mol. The second-order valence-corrected chi connectivity index (χ2v) is 5.30. The van der Waals surface area contributed by atoms with Crippen molar-refractivity contribution in [3.05, 3.63) is 41.5 Å². The van der Waals surface area contributed by atoms with Crippen molar-refractivity contribution in [2.45, 2.75) is 32.4 Å². The first-order chi connectivity index (χ1) is 9.76. The Morgan fingerprint density at radius 1 is 1.38 bits per heavy atom. The van der Waals surface area contributed by atoms with Crippen molar-refractivity contribution in [3.63, 3.8) is 0 Å². The monoisotopic (exact) mass is 308 g/mol. The van der Waals surface area contributed by atoms with Crippen molar-refractivity contribution in [1.29, 1.82) is 0 Å². The van der Waals surface area contributed by atoms with Crippen molar-refractivity contribution in [1.82, 2.24) is 15.5 Å². The zero-order chi connectivity index (χ0) is 13.9. The van der Waals surface area contributed by atoms with Crippen LogP contribution in [0.4, 0.5) is 5.69 Å². The van der Waals surface area contributed by atoms with Crippen molar-refractivity contribution < 1.29 is 4.52 Å². The van der Waals surface area contributed by atoms with E-state index in [1.165, 1.54) is 11.3 Å². The van der Waals surface area contributed by atoms with E-state index in [2.05, 4.69) is 51.5 Å². The van der Waals surface area contributed by atoms with E-state index in [0.717, 1.165) is 25.2 Å². The average Bonchev–Trinajstić information content (AvgIpc) is 3.07. The number of hydrogen-bond donors (Lipinski definition) is 1. The zero-order valence-electron chi connectivity index (χ0n) is 12.4. The molecule has 1 unspecified atom stereocenters. The second-order valence-electron chi connectivity index (χ2n) is 5.30. The minimum Gasteiger partial charge on any atom is -0.362 e. The third-order valence-electron chi connectivity index (χ3n) is 3.80. The van der Waals surface area contributed by atoms with E-state index < -0.39 is 0 Å². The van der Waals surface area contributed by atoms with Gasteiger partial charge >= 0.3 is 0 Å². The Morgan fingerprint density at radius 2 is 2.19 bits per heavy atom. The van der Waals surface area contributed by atoms with Crippen LogP contribution in [0.2, 0.25) is 0 Å². The highest BCUT2D eigenvalue weighted by atomic mass is 35.5. The molecule has 6 heteroatoms. The lowest BCUT2D eigenvalue weighted by atomic mass is 10.2. The number of likely N-dealkylation sites (N-methyl/N-ethyl adjacent to an activating group) is 1. The van der Waals surface area contributed by atoms with Gasteiger partial charge in [0.25, 0.3) is 0 Å². The minimum absolute atomic E-state index is 0. The Balaban J connectivity index is 0.00000161. The fourth-order valence-corrected chi connectivity index (χ4v) is 2.55. The van der Waals surface area contributed by atoms with Crippen LogP contribution in [0.1, 0.15) is 24.2 Å². The molecule has 1 aromatic carbocycles. The molecule has 0 saturated carbocycles. The van der Waals surface area contributed by atoms with E-state index in [4.69, 9.17) is 4.52 Å². The summed E-state index contributed by atoms with van der Waals surface area (Å²) in [7, 11) is 1.94. The zero-order valence-corrected chi connectivity index (χ0v) is 13.2. The van der Waals surface area contributed by atoms with Gasteiger partial charge in [0.2, 0.25) is 5.89 Å². The maximum absolute atomic E-state index is 5.36. The molecular weight excluding hydrogens is 288 g/mol. The highest BCUT2D eigenvalue weighted by Crippen LogP contribution is 2.28. The summed E-state index contributed by atoms with van der Waals surface area (Å²) in [6.07, 6.45) is 1.88. The molecule has 0 bridgehead atoms. The lowest BCUT2D eigenvalue weighted by Crippen LogP contribution is -2.24. The standard InChI is InChI=1S/C15H20N4O.ClH/c1-11(16-2)9-14-17-15(20-18-14)10-19-8-7-12-5-3-4-6-13(12)19;/h3-6,11,16H,7-10H2,1-2H3;1H. The lowest BCUT2D eigenvalue weighted by molar-refractivity contribution is 0.370. The van der Waals surface area contributed by atoms with Crippen molar-refractivity contribution >= 4 is 18.1 Å². The van der Waals surface area contributed by atoms with Crippen LogP contribution >= 0.6 is 12.4 Å². The summed E-state index contributed by atoms with van der Waals surface area (Å²) in [6.45, 7) is 3.81. The van der Waals surface area contributed by atoms with Crippen LogP contribution in [0, 0.1) is 0 Å². The Bertz CT molecular complexity index is 587. The van der Waals surface area contributed by atoms with Gasteiger partial charge in [0.05, 0.1) is 6.54 Å². The fraction of sp³-hybridized carbons (Fsp3) is 0.467. The van der Waals surface area contributed by atoms with E-state index in [1.807, 2.05) is 7.05 Å². The Morgan fingerprint density at radius 3 is 3.00 bits per heavy atom. The van der Waals surface area contributed by atoms with Crippen LogP contribution in [-0.4, -0.2) is 29.8 Å². The topological polar surface area (TPSA) is 54.2 Å². The number of para-hydroxylation sites is 1. The van der Waals surface area contributed by atoms with E-state index in [0.29, 0.717) is 18.5 Å². The van der Waals surface area contributed by atoms with Gasteiger partial charge in [0.15, 0.2) is 5.82 Å². The summed E-state index contributed by atoms with van der Waals surface area (Å²) < 4.78 is 5.36. The molecule has 0 fully saturated rings. The number of benzene rings is 1. The van der Waals surface area contributed by atoms with Crippen LogP contribution in [0.25, 0.3) is 0 Å². The van der Waals surface area contributed by atoms with Gasteiger partial charge in [-0.1, -0.05) is 23.4 Å². The number of rotatable bonds is 5. The molecule has 114 valence electrons. The molecule has 1 atom stereocenters. The van der Waals surface area contributed by atoms with Crippen molar-refractivity contribution in [3.8, 4) is 0 Å². The largest absolute Gasteiger partial charge is 0.362 e.